The Kier molecular flexibility index (Phi) is 12.0. The van der Waals surface area contributed by atoms with Gasteiger partial charge in [-0.3, -0.25) is 14.4 Å². The van der Waals surface area contributed by atoms with Crippen LogP contribution in [0.5, 0.6) is 11.5 Å². The van der Waals surface area contributed by atoms with Crippen molar-refractivity contribution in [2.45, 2.75) is 42.8 Å². The minimum absolute atomic E-state index is 0.000726. The van der Waals surface area contributed by atoms with Gasteiger partial charge in [-0.2, -0.15) is 0 Å². The maximum absolute atomic E-state index is 13.2. The maximum atomic E-state index is 13.2. The van der Waals surface area contributed by atoms with Gasteiger partial charge in [0, 0.05) is 20.8 Å². The van der Waals surface area contributed by atoms with Gasteiger partial charge in [0.1, 0.15) is 37.4 Å². The quantitative estimate of drug-likeness (QED) is 0.184. The van der Waals surface area contributed by atoms with E-state index in [4.69, 9.17) is 58.5 Å². The topological polar surface area (TPSA) is 132 Å². The lowest BCUT2D eigenvalue weighted by molar-refractivity contribution is -0.158. The molecule has 0 bridgehead atoms. The molecule has 2 aromatic carbocycles. The Labute approximate surface area is 234 Å². The van der Waals surface area contributed by atoms with E-state index in [1.165, 1.54) is 57.2 Å². The van der Waals surface area contributed by atoms with Gasteiger partial charge >= 0.3 is 17.9 Å². The Morgan fingerprint density at radius 2 is 1.18 bits per heavy atom. The SMILES string of the molecule is CC(=O)OCC(COc1ccc(S(=O)(=O)c2ccc(OCC(CCl)OC(C)=O)c(Cl)c2)cc1Cl)OC(C)=O. The second-order valence-electron chi connectivity index (χ2n) is 7.73. The van der Waals surface area contributed by atoms with Gasteiger partial charge in [0.15, 0.2) is 6.10 Å². The van der Waals surface area contributed by atoms with Crippen LogP contribution in [0.4, 0.5) is 0 Å². The van der Waals surface area contributed by atoms with Crippen molar-refractivity contribution in [2.24, 2.45) is 0 Å². The molecule has 2 unspecified atom stereocenters. The van der Waals surface area contributed by atoms with Crippen molar-refractivity contribution in [1.29, 1.82) is 0 Å². The highest BCUT2D eigenvalue weighted by Crippen LogP contribution is 2.33. The molecule has 0 aliphatic rings. The van der Waals surface area contributed by atoms with Crippen LogP contribution in [-0.2, 0) is 38.4 Å². The first kappa shape index (κ1) is 31.5. The van der Waals surface area contributed by atoms with E-state index < -0.39 is 40.0 Å². The zero-order valence-electron chi connectivity index (χ0n) is 20.6. The zero-order chi connectivity index (χ0) is 28.5. The van der Waals surface area contributed by atoms with Crippen molar-refractivity contribution in [3.05, 3.63) is 46.4 Å². The molecular formula is C24H25Cl3O10S. The minimum Gasteiger partial charge on any atom is -0.488 e. The number of ether oxygens (including phenoxy) is 5. The molecular weight excluding hydrogens is 587 g/mol. The number of rotatable bonds is 13. The largest absolute Gasteiger partial charge is 0.488 e. The van der Waals surface area contributed by atoms with Crippen LogP contribution in [0.2, 0.25) is 10.0 Å². The van der Waals surface area contributed by atoms with Crippen molar-refractivity contribution < 1.29 is 46.5 Å². The fourth-order valence-electron chi connectivity index (χ4n) is 2.94. The number of hydrogen-bond acceptors (Lipinski definition) is 10. The summed E-state index contributed by atoms with van der Waals surface area (Å²) in [5.74, 6) is -1.39. The second kappa shape index (κ2) is 14.4. The molecule has 0 aliphatic carbocycles. The van der Waals surface area contributed by atoms with E-state index in [1.54, 1.807) is 0 Å². The van der Waals surface area contributed by atoms with E-state index in [0.717, 1.165) is 0 Å². The fraction of sp³-hybridized carbons (Fsp3) is 0.375. The predicted octanol–water partition coefficient (Wildman–Crippen LogP) is 4.25. The Morgan fingerprint density at radius 3 is 1.58 bits per heavy atom. The molecule has 0 amide bonds. The van der Waals surface area contributed by atoms with Crippen molar-refractivity contribution in [3.63, 3.8) is 0 Å². The Balaban J connectivity index is 2.14. The van der Waals surface area contributed by atoms with E-state index in [2.05, 4.69) is 0 Å². The third kappa shape index (κ3) is 9.54. The predicted molar refractivity (Wildman–Crippen MR) is 138 cm³/mol. The molecule has 0 aromatic heterocycles. The molecule has 0 saturated carbocycles. The van der Waals surface area contributed by atoms with Gasteiger partial charge in [-0.15, -0.1) is 11.6 Å². The Bertz CT molecular complexity index is 1270. The number of alkyl halides is 1. The van der Waals surface area contributed by atoms with E-state index in [1.807, 2.05) is 0 Å². The summed E-state index contributed by atoms with van der Waals surface area (Å²) in [6, 6.07) is 7.70. The van der Waals surface area contributed by atoms with Crippen molar-refractivity contribution in [1.82, 2.24) is 0 Å². The first-order chi connectivity index (χ1) is 17.8. The van der Waals surface area contributed by atoms with E-state index in [0.29, 0.717) is 0 Å². The number of benzene rings is 2. The third-order valence-corrected chi connectivity index (χ3v) is 7.27. The van der Waals surface area contributed by atoms with Crippen LogP contribution in [-0.4, -0.2) is 64.2 Å². The summed E-state index contributed by atoms with van der Waals surface area (Å²) in [6.07, 6.45) is -1.60. The molecule has 2 rings (SSSR count). The molecule has 0 radical (unpaired) electrons. The summed E-state index contributed by atoms with van der Waals surface area (Å²) in [4.78, 5) is 33.2. The monoisotopic (exact) mass is 610 g/mol. The van der Waals surface area contributed by atoms with Gasteiger partial charge in [0.25, 0.3) is 0 Å². The zero-order valence-corrected chi connectivity index (χ0v) is 23.7. The maximum Gasteiger partial charge on any atom is 0.303 e. The number of esters is 3. The molecule has 14 heteroatoms. The molecule has 0 saturated heterocycles. The highest BCUT2D eigenvalue weighted by atomic mass is 35.5. The summed E-state index contributed by atoms with van der Waals surface area (Å²) >= 11 is 18.2. The number of carbonyl (C=O) groups excluding carboxylic acids is 3. The van der Waals surface area contributed by atoms with Crippen LogP contribution >= 0.6 is 34.8 Å². The van der Waals surface area contributed by atoms with Crippen LogP contribution in [0.25, 0.3) is 0 Å². The summed E-state index contributed by atoms with van der Waals surface area (Å²) < 4.78 is 52.2. The molecule has 0 fully saturated rings. The van der Waals surface area contributed by atoms with Crippen molar-refractivity contribution in [3.8, 4) is 11.5 Å². The van der Waals surface area contributed by atoms with Gasteiger partial charge in [-0.05, 0) is 36.4 Å². The summed E-state index contributed by atoms with van der Waals surface area (Å²) in [5.41, 5.74) is 0. The second-order valence-corrected chi connectivity index (χ2v) is 10.8. The lowest BCUT2D eigenvalue weighted by Crippen LogP contribution is -2.29. The summed E-state index contributed by atoms with van der Waals surface area (Å²) in [6.45, 7) is 3.14. The third-order valence-electron chi connectivity index (χ3n) is 4.59. The minimum atomic E-state index is -4.03. The Morgan fingerprint density at radius 1 is 0.737 bits per heavy atom. The molecule has 208 valence electrons. The average molecular weight is 612 g/mol. The van der Waals surface area contributed by atoms with Crippen LogP contribution in [0.15, 0.2) is 46.2 Å². The standard InChI is InChI=1S/C24H25Cl3O10S/c1-14(28)33-12-18(37-16(3)30)13-35-24-7-5-20(9-22(24)27)38(31,32)19-4-6-23(21(26)8-19)34-11-17(10-25)36-15(2)29/h4-9,17-18H,10-13H2,1-3H3. The van der Waals surface area contributed by atoms with Crippen LogP contribution in [0.1, 0.15) is 20.8 Å². The normalized spacial score (nSPS) is 12.7. The molecule has 0 heterocycles. The number of carbonyl (C=O) groups is 3. The fourth-order valence-corrected chi connectivity index (χ4v) is 5.00. The van der Waals surface area contributed by atoms with Crippen LogP contribution < -0.4 is 9.47 Å². The van der Waals surface area contributed by atoms with Crippen LogP contribution in [0, 0.1) is 0 Å². The van der Waals surface area contributed by atoms with Crippen molar-refractivity contribution in [2.75, 3.05) is 25.7 Å². The molecule has 38 heavy (non-hydrogen) atoms. The summed E-state index contributed by atoms with van der Waals surface area (Å²) in [7, 11) is -4.03. The van der Waals surface area contributed by atoms with Gasteiger partial charge in [0.2, 0.25) is 9.84 Å². The van der Waals surface area contributed by atoms with Gasteiger partial charge in [-0.1, -0.05) is 23.2 Å². The molecule has 2 aromatic rings. The van der Waals surface area contributed by atoms with E-state index >= 15 is 0 Å². The first-order valence-corrected chi connectivity index (χ1v) is 13.7. The molecule has 2 atom stereocenters. The van der Waals surface area contributed by atoms with Gasteiger partial charge in [0.05, 0.1) is 25.7 Å². The van der Waals surface area contributed by atoms with Gasteiger partial charge in [-0.25, -0.2) is 8.42 Å². The molecule has 0 N–H and O–H groups in total. The Hall–Kier alpha value is -2.73. The molecule has 10 nitrogen and oxygen atoms in total. The first-order valence-electron chi connectivity index (χ1n) is 11.0. The van der Waals surface area contributed by atoms with Gasteiger partial charge < -0.3 is 23.7 Å². The number of hydrogen-bond donors (Lipinski definition) is 0. The van der Waals surface area contributed by atoms with E-state index in [9.17, 15) is 22.8 Å². The average Bonchev–Trinajstić information content (AvgIpc) is 2.83. The lowest BCUT2D eigenvalue weighted by atomic mass is 10.3. The molecule has 0 aliphatic heterocycles. The van der Waals surface area contributed by atoms with E-state index in [-0.39, 0.29) is 57.0 Å². The number of sulfone groups is 1. The van der Waals surface area contributed by atoms with Crippen LogP contribution in [0.3, 0.4) is 0 Å². The lowest BCUT2D eigenvalue weighted by Gasteiger charge is -2.18. The number of halogens is 3. The highest BCUT2D eigenvalue weighted by Gasteiger charge is 2.22. The summed E-state index contributed by atoms with van der Waals surface area (Å²) in [5, 5.41) is -0.0126. The highest BCUT2D eigenvalue weighted by molar-refractivity contribution is 7.91. The smallest absolute Gasteiger partial charge is 0.303 e. The van der Waals surface area contributed by atoms with Crippen molar-refractivity contribution >= 4 is 62.5 Å². The molecule has 0 spiro atoms.